The average Bonchev–Trinajstić information content (AvgIpc) is 3.16. The maximum absolute atomic E-state index is 9.77. The van der Waals surface area contributed by atoms with E-state index in [0.717, 1.165) is 25.7 Å². The van der Waals surface area contributed by atoms with Crippen LogP contribution in [0.2, 0.25) is 0 Å². The number of carboxylic acid groups (broad SMARTS) is 2. The van der Waals surface area contributed by atoms with Gasteiger partial charge in [-0.05, 0) is 77.3 Å². The zero-order valence-corrected chi connectivity index (χ0v) is 36.4. The van der Waals surface area contributed by atoms with E-state index in [4.69, 9.17) is 51.1 Å². The molecule has 58 heavy (non-hydrogen) atoms. The van der Waals surface area contributed by atoms with E-state index in [2.05, 4.69) is 48.8 Å². The minimum Gasteiger partial charge on any atom is -0.479 e. The number of rotatable bonds is 39. The van der Waals surface area contributed by atoms with Gasteiger partial charge in [-0.2, -0.15) is 0 Å². The van der Waals surface area contributed by atoms with Crippen LogP contribution in [0.3, 0.4) is 0 Å². The molecule has 0 heterocycles. The molecule has 0 radical (unpaired) electrons. The Bertz CT molecular complexity index is 865. The summed E-state index contributed by atoms with van der Waals surface area (Å²) in [6, 6.07) is 0. The second-order valence-corrected chi connectivity index (χ2v) is 15.3. The lowest BCUT2D eigenvalue weighted by molar-refractivity contribution is -0.307. The van der Waals surface area contributed by atoms with Crippen LogP contribution in [0.1, 0.15) is 194 Å². The lowest BCUT2D eigenvalue weighted by Gasteiger charge is -2.14. The van der Waals surface area contributed by atoms with Crippen LogP contribution in [0, 0.1) is 0 Å². The molecule has 0 aromatic rings. The second-order valence-electron chi connectivity index (χ2n) is 15.3. The molecule has 0 fully saturated rings. The van der Waals surface area contributed by atoms with Crippen molar-refractivity contribution < 1.29 is 60.7 Å². The highest BCUT2D eigenvalue weighted by molar-refractivity contribution is 5.83. The largest absolute Gasteiger partial charge is 0.479 e. The van der Waals surface area contributed by atoms with Gasteiger partial charge in [0.2, 0.25) is 0 Å². The molecular weight excluding hydrogens is 748 g/mol. The number of carbonyl (C=O) groups is 2. The van der Waals surface area contributed by atoms with Gasteiger partial charge in [0.1, 0.15) is 0 Å². The molecule has 2 unspecified atom stereocenters. The van der Waals surface area contributed by atoms with Crippen molar-refractivity contribution in [3.8, 4) is 0 Å². The zero-order chi connectivity index (χ0) is 44.2. The van der Waals surface area contributed by atoms with Gasteiger partial charge in [-0.15, -0.1) is 0 Å². The monoisotopic (exact) mass is 837 g/mol. The van der Waals surface area contributed by atoms with Gasteiger partial charge < -0.3 is 61.7 Å². The number of aliphatic hydroxyl groups is 8. The molecule has 0 aromatic heterocycles. The summed E-state index contributed by atoms with van der Waals surface area (Å²) in [7, 11) is 0. The van der Waals surface area contributed by atoms with Crippen molar-refractivity contribution in [3.05, 3.63) is 24.3 Å². The SMILES string of the molecule is CCCCCCCCC=CCCCCCCCCNCC(O)(O)O.CCCCCCCCC=CCCCCCCCCNCC(O)(O)O.O=C(O)C(O)C(O)C(=O)O. The highest BCUT2D eigenvalue weighted by Gasteiger charge is 2.29. The quantitative estimate of drug-likeness (QED) is 0.0183. The van der Waals surface area contributed by atoms with E-state index < -0.39 is 36.1 Å². The number of allylic oxidation sites excluding steroid dienone is 4. The Kier molecular flexibility index (Phi) is 46.4. The molecule has 0 aliphatic carbocycles. The third kappa shape index (κ3) is 56.1. The molecule has 0 saturated heterocycles. The van der Waals surface area contributed by atoms with Gasteiger partial charge >= 0.3 is 11.9 Å². The van der Waals surface area contributed by atoms with Crippen molar-refractivity contribution in [2.75, 3.05) is 26.2 Å². The summed E-state index contributed by atoms with van der Waals surface area (Å²) in [5.41, 5.74) is 0. The first-order valence-corrected chi connectivity index (χ1v) is 22.5. The smallest absolute Gasteiger partial charge is 0.335 e. The van der Waals surface area contributed by atoms with Crippen molar-refractivity contribution in [2.45, 2.75) is 218 Å². The van der Waals surface area contributed by atoms with Gasteiger partial charge in [0.25, 0.3) is 11.9 Å². The Labute approximate surface area is 350 Å². The van der Waals surface area contributed by atoms with E-state index >= 15 is 0 Å². The predicted molar refractivity (Wildman–Crippen MR) is 231 cm³/mol. The lowest BCUT2D eigenvalue weighted by Crippen LogP contribution is -2.40. The highest BCUT2D eigenvalue weighted by Crippen LogP contribution is 2.11. The number of nitrogens with one attached hydrogen (secondary N) is 2. The minimum atomic E-state index is -2.58. The van der Waals surface area contributed by atoms with Gasteiger partial charge in [0.05, 0.1) is 13.1 Å². The van der Waals surface area contributed by atoms with E-state index in [1.54, 1.807) is 0 Å². The first-order chi connectivity index (χ1) is 27.6. The first-order valence-electron chi connectivity index (χ1n) is 22.5. The third-order valence-electron chi connectivity index (χ3n) is 9.26. The number of carboxylic acids is 2. The highest BCUT2D eigenvalue weighted by atomic mass is 16.7. The molecule has 12 N–H and O–H groups in total. The van der Waals surface area contributed by atoms with E-state index in [9.17, 15) is 9.59 Å². The summed E-state index contributed by atoms with van der Waals surface area (Å²) in [6.07, 6.45) is 40.8. The van der Waals surface area contributed by atoms with Crippen LogP contribution in [0.4, 0.5) is 0 Å². The standard InChI is InChI=1S/2C20H41NO3.C4H6O6/c2*1-2-3-4-5-6-7-8-9-10-11-12-13-14-15-16-17-18-21-19-20(22,23)24;5-1(3(7)8)2(6)4(9)10/h2*9-10,21-24H,2-8,11-19H2,1H3;1-2,5-6H,(H,7,8)(H,9,10). The molecule has 0 aliphatic rings. The van der Waals surface area contributed by atoms with Gasteiger partial charge in [-0.25, -0.2) is 9.59 Å². The van der Waals surface area contributed by atoms with Gasteiger partial charge in [0, 0.05) is 0 Å². The van der Waals surface area contributed by atoms with Crippen LogP contribution in [0.25, 0.3) is 0 Å². The second kappa shape index (κ2) is 44.6. The maximum atomic E-state index is 9.77. The number of unbranched alkanes of at least 4 members (excludes halogenated alkanes) is 24. The van der Waals surface area contributed by atoms with Crippen molar-refractivity contribution >= 4 is 11.9 Å². The summed E-state index contributed by atoms with van der Waals surface area (Å²) < 4.78 is 0. The molecule has 14 heteroatoms. The molecule has 0 aliphatic heterocycles. The topological polar surface area (TPSA) is 260 Å². The molecule has 0 amide bonds. The van der Waals surface area contributed by atoms with E-state index in [1.807, 2.05) is 0 Å². The number of hydrogen-bond donors (Lipinski definition) is 12. The number of aliphatic carboxylic acids is 2. The lowest BCUT2D eigenvalue weighted by atomic mass is 10.1. The Morgan fingerprint density at radius 3 is 0.862 bits per heavy atom. The van der Waals surface area contributed by atoms with Crippen LogP contribution in [0.15, 0.2) is 24.3 Å². The minimum absolute atomic E-state index is 0.196. The number of hydrogen-bond acceptors (Lipinski definition) is 12. The fourth-order valence-corrected chi connectivity index (χ4v) is 5.78. The van der Waals surface area contributed by atoms with Crippen molar-refractivity contribution in [1.82, 2.24) is 10.6 Å². The molecule has 0 aromatic carbocycles. The molecule has 0 rings (SSSR count). The molecule has 14 nitrogen and oxygen atoms in total. The first kappa shape index (κ1) is 60.3. The predicted octanol–water partition coefficient (Wildman–Crippen LogP) is 6.37. The average molecular weight is 837 g/mol. The van der Waals surface area contributed by atoms with Crippen molar-refractivity contribution in [3.63, 3.8) is 0 Å². The van der Waals surface area contributed by atoms with Crippen LogP contribution >= 0.6 is 0 Å². The molecule has 0 spiro atoms. The molecule has 0 saturated carbocycles. The van der Waals surface area contributed by atoms with E-state index in [-0.39, 0.29) is 13.1 Å². The maximum Gasteiger partial charge on any atom is 0.335 e. The molecule has 2 atom stereocenters. The zero-order valence-electron chi connectivity index (χ0n) is 36.4. The fraction of sp³-hybridized carbons (Fsp3) is 0.864. The van der Waals surface area contributed by atoms with Crippen LogP contribution in [0.5, 0.6) is 0 Å². The summed E-state index contributed by atoms with van der Waals surface area (Å²) in [4.78, 5) is 19.5. The number of aliphatic hydroxyl groups excluding tert-OH is 2. The Morgan fingerprint density at radius 1 is 0.414 bits per heavy atom. The Morgan fingerprint density at radius 2 is 0.638 bits per heavy atom. The van der Waals surface area contributed by atoms with Crippen LogP contribution in [-0.4, -0.2) is 113 Å². The van der Waals surface area contributed by atoms with Gasteiger partial charge in [0.15, 0.2) is 12.2 Å². The van der Waals surface area contributed by atoms with Crippen molar-refractivity contribution in [2.24, 2.45) is 0 Å². The summed E-state index contributed by atoms with van der Waals surface area (Å²) in [5, 5.41) is 90.3. The Balaban J connectivity index is -0.000000847. The van der Waals surface area contributed by atoms with Crippen LogP contribution < -0.4 is 10.6 Å². The summed E-state index contributed by atoms with van der Waals surface area (Å²) >= 11 is 0. The Hall–Kier alpha value is -1.98. The van der Waals surface area contributed by atoms with E-state index in [0.29, 0.717) is 13.1 Å². The van der Waals surface area contributed by atoms with E-state index in [1.165, 1.54) is 154 Å². The summed E-state index contributed by atoms with van der Waals surface area (Å²) in [6.45, 7) is 5.56. The molecule has 346 valence electrons. The summed E-state index contributed by atoms with van der Waals surface area (Å²) in [5.74, 6) is -8.70. The molecular formula is C44H88N2O12. The third-order valence-corrected chi connectivity index (χ3v) is 9.26. The van der Waals surface area contributed by atoms with Crippen LogP contribution in [-0.2, 0) is 9.59 Å². The normalized spacial score (nSPS) is 12.9. The molecule has 0 bridgehead atoms. The van der Waals surface area contributed by atoms with Gasteiger partial charge in [-0.1, -0.05) is 154 Å². The fourth-order valence-electron chi connectivity index (χ4n) is 5.78. The van der Waals surface area contributed by atoms with Crippen molar-refractivity contribution in [1.29, 1.82) is 0 Å². The van der Waals surface area contributed by atoms with Gasteiger partial charge in [-0.3, -0.25) is 0 Å².